The number of carbonyl (C=O) groups excluding carboxylic acids is 3. The van der Waals surface area contributed by atoms with Gasteiger partial charge >= 0.3 is 11.9 Å². The molecule has 0 unspecified atom stereocenters. The molecule has 9 nitrogen and oxygen atoms in total. The molecule has 0 spiro atoms. The molecule has 10 heteroatoms. The highest BCUT2D eigenvalue weighted by molar-refractivity contribution is 6.30. The van der Waals surface area contributed by atoms with Gasteiger partial charge in [-0.15, -0.1) is 0 Å². The van der Waals surface area contributed by atoms with Gasteiger partial charge in [0.2, 0.25) is 17.6 Å². The topological polar surface area (TPSA) is 137 Å². The minimum atomic E-state index is -0.729. The lowest BCUT2D eigenvalue weighted by Crippen LogP contribution is -2.42. The number of esters is 2. The van der Waals surface area contributed by atoms with Crippen molar-refractivity contribution in [3.05, 3.63) is 35.2 Å². The second kappa shape index (κ2) is 8.71. The zero-order chi connectivity index (χ0) is 21.8. The molecule has 1 aliphatic heterocycles. The molecule has 0 radical (unpaired) electrons. The molecule has 0 saturated carbocycles. The molecule has 3 N–H and O–H groups in total. The lowest BCUT2D eigenvalue weighted by molar-refractivity contribution is -0.154. The molecular weight excluding hydrogens is 400 g/mol. The lowest BCUT2D eigenvalue weighted by Gasteiger charge is -2.19. The van der Waals surface area contributed by atoms with Crippen LogP contribution in [0.4, 0.5) is 0 Å². The first-order chi connectivity index (χ1) is 13.4. The molecule has 156 valence electrons. The second-order valence-corrected chi connectivity index (χ2v) is 8.31. The quantitative estimate of drug-likeness (QED) is 0.252. The number of aromatic nitrogens is 2. The Bertz CT molecular complexity index is 923. The van der Waals surface area contributed by atoms with Crippen molar-refractivity contribution in [1.82, 2.24) is 15.6 Å². The Labute approximate surface area is 172 Å². The van der Waals surface area contributed by atoms with Crippen LogP contribution in [0, 0.1) is 10.8 Å². The number of hydrogen-bond acceptors (Lipinski definition) is 8. The van der Waals surface area contributed by atoms with Crippen molar-refractivity contribution in [2.24, 2.45) is 16.7 Å². The van der Waals surface area contributed by atoms with Crippen molar-refractivity contribution in [2.75, 3.05) is 0 Å². The van der Waals surface area contributed by atoms with E-state index in [1.807, 2.05) is 6.07 Å². The third-order valence-electron chi connectivity index (χ3n) is 4.24. The maximum atomic E-state index is 11.6. The van der Waals surface area contributed by atoms with Crippen LogP contribution in [0.2, 0.25) is 5.02 Å². The normalized spacial score (nSPS) is 15.4. The van der Waals surface area contributed by atoms with E-state index < -0.39 is 22.8 Å². The van der Waals surface area contributed by atoms with E-state index in [-0.39, 0.29) is 12.3 Å². The Morgan fingerprint density at radius 1 is 1.34 bits per heavy atom. The number of rotatable bonds is 4. The van der Waals surface area contributed by atoms with Gasteiger partial charge < -0.3 is 9.26 Å². The van der Waals surface area contributed by atoms with E-state index in [0.717, 1.165) is 5.56 Å². The Morgan fingerprint density at radius 3 is 2.52 bits per heavy atom. The van der Waals surface area contributed by atoms with Crippen LogP contribution in [0.1, 0.15) is 40.0 Å². The van der Waals surface area contributed by atoms with Crippen LogP contribution in [0.15, 0.2) is 28.8 Å². The van der Waals surface area contributed by atoms with Crippen LogP contribution in [0.5, 0.6) is 0 Å². The molecule has 29 heavy (non-hydrogen) atoms. The molecule has 3 rings (SSSR count). The Hall–Kier alpha value is -2.78. The van der Waals surface area contributed by atoms with Gasteiger partial charge in [-0.25, -0.2) is 5.84 Å². The van der Waals surface area contributed by atoms with Crippen LogP contribution in [-0.4, -0.2) is 28.0 Å². The predicted octanol–water partition coefficient (Wildman–Crippen LogP) is 2.43. The number of hydrogen-bond donors (Lipinski definition) is 2. The molecule has 2 aromatic rings. The molecule has 1 aromatic heterocycles. The summed E-state index contributed by atoms with van der Waals surface area (Å²) in [6, 6.07) is 7.15. The van der Waals surface area contributed by atoms with Crippen molar-refractivity contribution in [1.29, 1.82) is 0 Å². The standard InChI is InChI=1S/C13H15ClN4O2.C6H8O3/c1-13(2,12(19)17-15)7-10-16-11(18-20-10)8-4-3-5-9(14)6-8;1-6(2)3-4(7)9-5(6)8/h3-6H,7,15H2,1-2H3,(H,17,19);3H2,1-2H3. The Kier molecular flexibility index (Phi) is 6.76. The van der Waals surface area contributed by atoms with E-state index in [0.29, 0.717) is 23.2 Å². The molecule has 0 bridgehead atoms. The largest absolute Gasteiger partial charge is 0.393 e. The number of nitrogens with zero attached hydrogens (tertiary/aromatic N) is 2. The molecule has 2 heterocycles. The Balaban J connectivity index is 0.000000278. The molecule has 0 aliphatic carbocycles. The van der Waals surface area contributed by atoms with E-state index in [9.17, 15) is 14.4 Å². The van der Waals surface area contributed by atoms with E-state index >= 15 is 0 Å². The van der Waals surface area contributed by atoms with E-state index in [2.05, 4.69) is 20.3 Å². The van der Waals surface area contributed by atoms with Crippen LogP contribution in [-0.2, 0) is 25.5 Å². The molecule has 1 saturated heterocycles. The fourth-order valence-electron chi connectivity index (χ4n) is 2.44. The van der Waals surface area contributed by atoms with Crippen molar-refractivity contribution in [3.63, 3.8) is 0 Å². The van der Waals surface area contributed by atoms with Gasteiger partial charge in [0.1, 0.15) is 0 Å². The molecule has 1 fully saturated rings. The van der Waals surface area contributed by atoms with Gasteiger partial charge in [0.25, 0.3) is 0 Å². The number of halogens is 1. The SMILES string of the molecule is CC(C)(Cc1nc(-c2cccc(Cl)c2)no1)C(=O)NN.CC1(C)CC(=O)OC1=O. The third kappa shape index (κ3) is 5.85. The summed E-state index contributed by atoms with van der Waals surface area (Å²) < 4.78 is 9.46. The Morgan fingerprint density at radius 2 is 2.03 bits per heavy atom. The van der Waals surface area contributed by atoms with Gasteiger partial charge in [0, 0.05) is 17.0 Å². The third-order valence-corrected chi connectivity index (χ3v) is 4.47. The average molecular weight is 423 g/mol. The maximum absolute atomic E-state index is 11.6. The van der Waals surface area contributed by atoms with Crippen molar-refractivity contribution < 1.29 is 23.6 Å². The summed E-state index contributed by atoms with van der Waals surface area (Å²) in [4.78, 5) is 37.0. The number of nitrogens with one attached hydrogen (secondary N) is 1. The first-order valence-electron chi connectivity index (χ1n) is 8.79. The monoisotopic (exact) mass is 422 g/mol. The minimum absolute atomic E-state index is 0.214. The summed E-state index contributed by atoms with van der Waals surface area (Å²) in [7, 11) is 0. The van der Waals surface area contributed by atoms with E-state index in [1.165, 1.54) is 0 Å². The minimum Gasteiger partial charge on any atom is -0.393 e. The van der Waals surface area contributed by atoms with Crippen LogP contribution in [0.3, 0.4) is 0 Å². The van der Waals surface area contributed by atoms with Gasteiger partial charge in [0.15, 0.2) is 0 Å². The zero-order valence-corrected chi connectivity index (χ0v) is 17.4. The number of amides is 1. The van der Waals surface area contributed by atoms with Gasteiger partial charge in [-0.1, -0.05) is 42.7 Å². The molecule has 1 aromatic carbocycles. The van der Waals surface area contributed by atoms with Crippen LogP contribution < -0.4 is 11.3 Å². The summed E-state index contributed by atoms with van der Waals surface area (Å²) in [5.41, 5.74) is 1.57. The number of cyclic esters (lactones) is 2. The van der Waals surface area contributed by atoms with Gasteiger partial charge in [-0.05, 0) is 26.0 Å². The molecule has 1 amide bonds. The highest BCUT2D eigenvalue weighted by Crippen LogP contribution is 2.28. The molecule has 0 atom stereocenters. The average Bonchev–Trinajstić information content (AvgIpc) is 3.17. The first kappa shape index (κ1) is 22.5. The van der Waals surface area contributed by atoms with Crippen molar-refractivity contribution in [2.45, 2.75) is 40.5 Å². The van der Waals surface area contributed by atoms with Gasteiger partial charge in [-0.3, -0.25) is 19.8 Å². The highest BCUT2D eigenvalue weighted by Gasteiger charge is 2.40. The zero-order valence-electron chi connectivity index (χ0n) is 16.6. The summed E-state index contributed by atoms with van der Waals surface area (Å²) in [6.07, 6.45) is 0.509. The van der Waals surface area contributed by atoms with Gasteiger partial charge in [-0.2, -0.15) is 4.98 Å². The van der Waals surface area contributed by atoms with Crippen LogP contribution in [0.25, 0.3) is 11.4 Å². The number of hydrazine groups is 1. The van der Waals surface area contributed by atoms with Crippen molar-refractivity contribution in [3.8, 4) is 11.4 Å². The predicted molar refractivity (Wildman–Crippen MR) is 104 cm³/mol. The summed E-state index contributed by atoms with van der Waals surface area (Å²) in [5, 5.41) is 4.48. The number of carbonyl (C=O) groups is 3. The van der Waals surface area contributed by atoms with E-state index in [4.69, 9.17) is 22.0 Å². The smallest absolute Gasteiger partial charge is 0.319 e. The number of nitrogens with two attached hydrogens (primary N) is 1. The summed E-state index contributed by atoms with van der Waals surface area (Å²) >= 11 is 5.92. The fraction of sp³-hybridized carbons (Fsp3) is 0.421. The molecule has 1 aliphatic rings. The van der Waals surface area contributed by atoms with Crippen molar-refractivity contribution >= 4 is 29.4 Å². The molecular formula is C19H23ClN4O5. The van der Waals surface area contributed by atoms with Crippen LogP contribution >= 0.6 is 11.6 Å². The lowest BCUT2D eigenvalue weighted by atomic mass is 9.88. The van der Waals surface area contributed by atoms with E-state index in [1.54, 1.807) is 45.9 Å². The number of ether oxygens (including phenoxy) is 1. The fourth-order valence-corrected chi connectivity index (χ4v) is 2.63. The first-order valence-corrected chi connectivity index (χ1v) is 9.17. The summed E-state index contributed by atoms with van der Waals surface area (Å²) in [6.45, 7) is 6.89. The number of benzene rings is 1. The maximum Gasteiger partial charge on any atom is 0.319 e. The highest BCUT2D eigenvalue weighted by atomic mass is 35.5. The second-order valence-electron chi connectivity index (χ2n) is 7.88. The summed E-state index contributed by atoms with van der Waals surface area (Å²) in [5.74, 6) is 4.84. The van der Waals surface area contributed by atoms with Gasteiger partial charge in [0.05, 0.1) is 17.3 Å².